The molecule has 1 N–H and O–H groups in total. The molecule has 2 heteroatoms. The second kappa shape index (κ2) is 5.69. The Labute approximate surface area is 108 Å². The van der Waals surface area contributed by atoms with Gasteiger partial charge in [0.2, 0.25) is 0 Å². The molecule has 0 radical (unpaired) electrons. The van der Waals surface area contributed by atoms with Crippen LogP contribution in [0.1, 0.15) is 30.1 Å². The third-order valence-corrected chi connectivity index (χ3v) is 3.26. The molecular formula is C16H18O2. The zero-order valence-corrected chi connectivity index (χ0v) is 10.7. The van der Waals surface area contributed by atoms with Crippen LogP contribution >= 0.6 is 0 Å². The molecule has 2 rings (SSSR count). The van der Waals surface area contributed by atoms with Crippen LogP contribution in [0.5, 0.6) is 5.75 Å². The van der Waals surface area contributed by atoms with Crippen LogP contribution in [0.25, 0.3) is 0 Å². The Hall–Kier alpha value is -1.80. The SMILES string of the molecule is COc1ccc([C@@H](C)[C@@H](O)c2ccccc2)cc1. The number of benzene rings is 2. The van der Waals surface area contributed by atoms with E-state index in [1.165, 1.54) is 0 Å². The van der Waals surface area contributed by atoms with Gasteiger partial charge in [0.15, 0.2) is 0 Å². The smallest absolute Gasteiger partial charge is 0.118 e. The Morgan fingerprint density at radius 2 is 1.50 bits per heavy atom. The Kier molecular flexibility index (Phi) is 4.00. The number of hydrogen-bond acceptors (Lipinski definition) is 2. The number of methoxy groups -OCH3 is 1. The van der Waals surface area contributed by atoms with Crippen LogP contribution in [0.2, 0.25) is 0 Å². The maximum absolute atomic E-state index is 10.3. The molecule has 2 atom stereocenters. The van der Waals surface area contributed by atoms with E-state index in [9.17, 15) is 5.11 Å². The third kappa shape index (κ3) is 2.71. The molecule has 94 valence electrons. The highest BCUT2D eigenvalue weighted by Gasteiger charge is 2.17. The lowest BCUT2D eigenvalue weighted by Crippen LogP contribution is -2.07. The number of rotatable bonds is 4. The van der Waals surface area contributed by atoms with Crippen molar-refractivity contribution in [2.75, 3.05) is 7.11 Å². The number of hydrogen-bond donors (Lipinski definition) is 1. The van der Waals surface area contributed by atoms with Gasteiger partial charge in [0, 0.05) is 5.92 Å². The van der Waals surface area contributed by atoms with Crippen molar-refractivity contribution in [1.82, 2.24) is 0 Å². The zero-order chi connectivity index (χ0) is 13.0. The third-order valence-electron chi connectivity index (χ3n) is 3.26. The molecule has 18 heavy (non-hydrogen) atoms. The molecule has 0 bridgehead atoms. The summed E-state index contributed by atoms with van der Waals surface area (Å²) in [6.07, 6.45) is -0.486. The van der Waals surface area contributed by atoms with Crippen molar-refractivity contribution in [3.05, 3.63) is 65.7 Å². The van der Waals surface area contributed by atoms with Crippen LogP contribution in [0, 0.1) is 0 Å². The lowest BCUT2D eigenvalue weighted by molar-refractivity contribution is 0.151. The average molecular weight is 242 g/mol. The summed E-state index contributed by atoms with van der Waals surface area (Å²) < 4.78 is 5.13. The highest BCUT2D eigenvalue weighted by molar-refractivity contribution is 5.31. The number of aliphatic hydroxyl groups is 1. The molecule has 0 aromatic heterocycles. The molecule has 0 unspecified atom stereocenters. The van der Waals surface area contributed by atoms with Gasteiger partial charge >= 0.3 is 0 Å². The molecule has 0 saturated carbocycles. The largest absolute Gasteiger partial charge is 0.497 e. The van der Waals surface area contributed by atoms with Crippen molar-refractivity contribution in [3.63, 3.8) is 0 Å². The predicted octanol–water partition coefficient (Wildman–Crippen LogP) is 3.53. The first-order chi connectivity index (χ1) is 8.72. The molecule has 2 aromatic rings. The highest BCUT2D eigenvalue weighted by atomic mass is 16.5. The number of aliphatic hydroxyl groups excluding tert-OH is 1. The summed E-state index contributed by atoms with van der Waals surface area (Å²) in [6, 6.07) is 17.6. The maximum atomic E-state index is 10.3. The minimum atomic E-state index is -0.486. The van der Waals surface area contributed by atoms with Crippen LogP contribution < -0.4 is 4.74 Å². The molecule has 0 aliphatic carbocycles. The fraction of sp³-hybridized carbons (Fsp3) is 0.250. The van der Waals surface area contributed by atoms with Crippen molar-refractivity contribution >= 4 is 0 Å². The maximum Gasteiger partial charge on any atom is 0.118 e. The summed E-state index contributed by atoms with van der Waals surface area (Å²) >= 11 is 0. The molecule has 0 saturated heterocycles. The molecule has 2 aromatic carbocycles. The van der Waals surface area contributed by atoms with E-state index in [0.717, 1.165) is 16.9 Å². The minimum absolute atomic E-state index is 0.0540. The zero-order valence-electron chi connectivity index (χ0n) is 10.7. The van der Waals surface area contributed by atoms with Crippen LogP contribution in [0.15, 0.2) is 54.6 Å². The molecule has 2 nitrogen and oxygen atoms in total. The Balaban J connectivity index is 2.17. The van der Waals surface area contributed by atoms with Crippen molar-refractivity contribution in [1.29, 1.82) is 0 Å². The van der Waals surface area contributed by atoms with E-state index in [1.807, 2.05) is 61.5 Å². The second-order valence-electron chi connectivity index (χ2n) is 4.42. The van der Waals surface area contributed by atoms with Gasteiger partial charge in [-0.3, -0.25) is 0 Å². The van der Waals surface area contributed by atoms with Crippen molar-refractivity contribution in [2.45, 2.75) is 18.9 Å². The van der Waals surface area contributed by atoms with Gasteiger partial charge in [-0.15, -0.1) is 0 Å². The van der Waals surface area contributed by atoms with E-state index in [1.54, 1.807) is 7.11 Å². The van der Waals surface area contributed by atoms with Gasteiger partial charge in [0.1, 0.15) is 5.75 Å². The first-order valence-corrected chi connectivity index (χ1v) is 6.09. The lowest BCUT2D eigenvalue weighted by Gasteiger charge is -2.19. The quantitative estimate of drug-likeness (QED) is 0.888. The van der Waals surface area contributed by atoms with Crippen LogP contribution in [0.3, 0.4) is 0 Å². The van der Waals surface area contributed by atoms with E-state index in [0.29, 0.717) is 0 Å². The van der Waals surface area contributed by atoms with Gasteiger partial charge in [-0.05, 0) is 23.3 Å². The second-order valence-corrected chi connectivity index (χ2v) is 4.42. The van der Waals surface area contributed by atoms with E-state index >= 15 is 0 Å². The van der Waals surface area contributed by atoms with Crippen LogP contribution in [-0.2, 0) is 0 Å². The average Bonchev–Trinajstić information content (AvgIpc) is 2.47. The molecule has 0 aliphatic heterocycles. The fourth-order valence-corrected chi connectivity index (χ4v) is 2.03. The van der Waals surface area contributed by atoms with Gasteiger partial charge < -0.3 is 9.84 Å². The van der Waals surface area contributed by atoms with Crippen molar-refractivity contribution < 1.29 is 9.84 Å². The highest BCUT2D eigenvalue weighted by Crippen LogP contribution is 2.31. The van der Waals surface area contributed by atoms with E-state index in [4.69, 9.17) is 4.74 Å². The minimum Gasteiger partial charge on any atom is -0.497 e. The number of ether oxygens (including phenoxy) is 1. The van der Waals surface area contributed by atoms with E-state index < -0.39 is 6.10 Å². The summed E-state index contributed by atoms with van der Waals surface area (Å²) in [5.41, 5.74) is 2.05. The van der Waals surface area contributed by atoms with Gasteiger partial charge in [-0.1, -0.05) is 49.4 Å². The predicted molar refractivity (Wildman–Crippen MR) is 72.8 cm³/mol. The molecular weight excluding hydrogens is 224 g/mol. The lowest BCUT2D eigenvalue weighted by atomic mass is 9.91. The fourth-order valence-electron chi connectivity index (χ4n) is 2.03. The summed E-state index contributed by atoms with van der Waals surface area (Å²) in [4.78, 5) is 0. The van der Waals surface area contributed by atoms with Crippen LogP contribution in [-0.4, -0.2) is 12.2 Å². The molecule has 0 spiro atoms. The Bertz CT molecular complexity index is 476. The standard InChI is InChI=1S/C16H18O2/c1-12(13-8-10-15(18-2)11-9-13)16(17)14-6-4-3-5-7-14/h3-12,16-17H,1-2H3/t12-,16-/m1/s1. The van der Waals surface area contributed by atoms with Crippen molar-refractivity contribution in [2.24, 2.45) is 0 Å². The van der Waals surface area contributed by atoms with Gasteiger partial charge in [-0.25, -0.2) is 0 Å². The van der Waals surface area contributed by atoms with Crippen molar-refractivity contribution in [3.8, 4) is 5.75 Å². The summed E-state index contributed by atoms with van der Waals surface area (Å²) in [7, 11) is 1.65. The summed E-state index contributed by atoms with van der Waals surface area (Å²) in [5.74, 6) is 0.887. The molecule has 0 amide bonds. The molecule has 0 heterocycles. The molecule has 0 fully saturated rings. The summed E-state index contributed by atoms with van der Waals surface area (Å²) in [6.45, 7) is 2.03. The van der Waals surface area contributed by atoms with Gasteiger partial charge in [0.05, 0.1) is 13.2 Å². The first-order valence-electron chi connectivity index (χ1n) is 6.09. The monoisotopic (exact) mass is 242 g/mol. The van der Waals surface area contributed by atoms with Gasteiger partial charge in [-0.2, -0.15) is 0 Å². The Morgan fingerprint density at radius 3 is 2.06 bits per heavy atom. The van der Waals surface area contributed by atoms with Gasteiger partial charge in [0.25, 0.3) is 0 Å². The first kappa shape index (κ1) is 12.7. The molecule has 0 aliphatic rings. The van der Waals surface area contributed by atoms with E-state index in [2.05, 4.69) is 0 Å². The Morgan fingerprint density at radius 1 is 0.889 bits per heavy atom. The summed E-state index contributed by atoms with van der Waals surface area (Å²) in [5, 5.41) is 10.3. The topological polar surface area (TPSA) is 29.5 Å². The van der Waals surface area contributed by atoms with Crippen LogP contribution in [0.4, 0.5) is 0 Å². The normalized spacial score (nSPS) is 13.9. The van der Waals surface area contributed by atoms with E-state index in [-0.39, 0.29) is 5.92 Å².